The number of cyclic esters (lactones) is 1. The number of H-pyrrole nitrogens is 1. The molecule has 4 heterocycles. The van der Waals surface area contributed by atoms with Crippen LogP contribution in [0.25, 0.3) is 22.0 Å². The van der Waals surface area contributed by atoms with Crippen molar-refractivity contribution < 1.29 is 33.2 Å². The molecule has 39 heavy (non-hydrogen) atoms. The maximum Gasteiger partial charge on any atom is 0.343 e. The van der Waals surface area contributed by atoms with Crippen molar-refractivity contribution in [2.45, 2.75) is 18.6 Å². The van der Waals surface area contributed by atoms with Gasteiger partial charge in [-0.2, -0.15) is 0 Å². The second-order valence-electron chi connectivity index (χ2n) is 9.91. The Balaban J connectivity index is 1.47. The molecule has 0 fully saturated rings. The third kappa shape index (κ3) is 3.32. The van der Waals surface area contributed by atoms with Gasteiger partial charge in [0, 0.05) is 34.9 Å². The molecule has 0 aliphatic carbocycles. The number of rotatable bonds is 5. The Morgan fingerprint density at radius 3 is 2.56 bits per heavy atom. The minimum atomic E-state index is -0.592. The van der Waals surface area contributed by atoms with Crippen molar-refractivity contribution in [2.75, 3.05) is 41.7 Å². The Hall–Kier alpha value is -4.37. The molecule has 1 unspecified atom stereocenters. The van der Waals surface area contributed by atoms with Gasteiger partial charge in [0.2, 0.25) is 12.5 Å². The molecule has 0 saturated carbocycles. The molecule has 4 aromatic rings. The van der Waals surface area contributed by atoms with Crippen LogP contribution in [0.3, 0.4) is 0 Å². The van der Waals surface area contributed by atoms with E-state index in [9.17, 15) is 4.79 Å². The number of carbonyl (C=O) groups excluding carboxylic acids is 1. The Morgan fingerprint density at radius 2 is 1.77 bits per heavy atom. The highest BCUT2D eigenvalue weighted by atomic mass is 16.7. The monoisotopic (exact) mass is 528 g/mol. The van der Waals surface area contributed by atoms with Crippen molar-refractivity contribution in [1.29, 1.82) is 0 Å². The normalized spacial score (nSPS) is 19.5. The zero-order valence-electron chi connectivity index (χ0n) is 22.1. The number of benzene rings is 3. The van der Waals surface area contributed by atoms with Crippen LogP contribution in [0.15, 0.2) is 42.6 Å². The lowest BCUT2D eigenvalue weighted by Gasteiger charge is -2.39. The molecule has 3 aliphatic heterocycles. The van der Waals surface area contributed by atoms with Crippen molar-refractivity contribution in [3.63, 3.8) is 0 Å². The van der Waals surface area contributed by atoms with E-state index >= 15 is 0 Å². The summed E-state index contributed by atoms with van der Waals surface area (Å²) < 4.78 is 35.2. The van der Waals surface area contributed by atoms with Crippen molar-refractivity contribution in [3.8, 4) is 39.9 Å². The van der Waals surface area contributed by atoms with E-state index in [1.54, 1.807) is 14.2 Å². The Kier molecular flexibility index (Phi) is 5.38. The number of esters is 1. The summed E-state index contributed by atoms with van der Waals surface area (Å²) in [4.78, 5) is 18.7. The highest BCUT2D eigenvalue weighted by Crippen LogP contribution is 2.59. The average molecular weight is 529 g/mol. The Labute approximate surface area is 225 Å². The fraction of sp³-hybridized carbons (Fsp3) is 0.300. The maximum atomic E-state index is 13.3. The topological polar surface area (TPSA) is 91.5 Å². The van der Waals surface area contributed by atoms with Crippen LogP contribution in [0.4, 0.5) is 0 Å². The molecule has 0 bridgehead atoms. The predicted octanol–water partition coefficient (Wildman–Crippen LogP) is 5.03. The van der Waals surface area contributed by atoms with E-state index in [1.807, 2.05) is 25.4 Å². The summed E-state index contributed by atoms with van der Waals surface area (Å²) in [6, 6.07) is 11.7. The number of aromatic nitrogens is 1. The van der Waals surface area contributed by atoms with Gasteiger partial charge in [-0.05, 0) is 54.2 Å². The lowest BCUT2D eigenvalue weighted by molar-refractivity contribution is 0.00877. The summed E-state index contributed by atoms with van der Waals surface area (Å²) >= 11 is 0. The lowest BCUT2D eigenvalue weighted by atomic mass is 9.81. The fourth-order valence-corrected chi connectivity index (χ4v) is 6.35. The van der Waals surface area contributed by atoms with Crippen LogP contribution in [-0.2, 0) is 11.2 Å². The second-order valence-corrected chi connectivity index (χ2v) is 9.91. The largest absolute Gasteiger partial charge is 0.493 e. The molecule has 9 nitrogen and oxygen atoms in total. The van der Waals surface area contributed by atoms with E-state index in [4.69, 9.17) is 28.4 Å². The summed E-state index contributed by atoms with van der Waals surface area (Å²) in [6.07, 6.45) is 2.10. The van der Waals surface area contributed by atoms with Gasteiger partial charge in [-0.3, -0.25) is 4.90 Å². The number of hydrogen-bond acceptors (Lipinski definition) is 8. The Bertz CT molecular complexity index is 1640. The van der Waals surface area contributed by atoms with Gasteiger partial charge in [-0.15, -0.1) is 0 Å². The third-order valence-electron chi connectivity index (χ3n) is 8.06. The molecule has 2 atom stereocenters. The van der Waals surface area contributed by atoms with Crippen LogP contribution in [0, 0.1) is 0 Å². The van der Waals surface area contributed by atoms with Gasteiger partial charge in [-0.1, -0.05) is 12.1 Å². The standard InChI is InChI=1S/C30H28N2O7/c1-32-12-10-17-21(16-5-7-19-15(13-16)9-11-31-19)28-29(38-14-37-28)27(36-4)22(17)24(32)25-18-6-8-20(34-2)26(35-3)23(18)30(33)39-25/h5-9,11,13,24-25,31H,10,12,14H2,1-4H3/t24?,25-/m0/s1. The molecule has 0 radical (unpaired) electrons. The molecule has 1 aromatic heterocycles. The van der Waals surface area contributed by atoms with Crippen LogP contribution >= 0.6 is 0 Å². The zero-order chi connectivity index (χ0) is 26.8. The Morgan fingerprint density at radius 1 is 0.949 bits per heavy atom. The van der Waals surface area contributed by atoms with Gasteiger partial charge >= 0.3 is 5.97 Å². The van der Waals surface area contributed by atoms with Crippen molar-refractivity contribution in [1.82, 2.24) is 9.88 Å². The number of hydrogen-bond donors (Lipinski definition) is 1. The summed E-state index contributed by atoms with van der Waals surface area (Å²) in [7, 11) is 6.75. The van der Waals surface area contributed by atoms with E-state index in [1.165, 1.54) is 7.11 Å². The first kappa shape index (κ1) is 23.7. The highest BCUT2D eigenvalue weighted by molar-refractivity contribution is 5.98. The molecule has 0 amide bonds. The minimum Gasteiger partial charge on any atom is -0.493 e. The van der Waals surface area contributed by atoms with E-state index in [-0.39, 0.29) is 12.8 Å². The summed E-state index contributed by atoms with van der Waals surface area (Å²) in [5, 5.41) is 1.11. The van der Waals surface area contributed by atoms with Crippen LogP contribution in [0.2, 0.25) is 0 Å². The van der Waals surface area contributed by atoms with E-state index < -0.39 is 12.1 Å². The average Bonchev–Trinajstić information content (AvgIpc) is 3.70. The molecule has 7 rings (SSSR count). The molecule has 3 aromatic carbocycles. The zero-order valence-corrected chi connectivity index (χ0v) is 22.1. The van der Waals surface area contributed by atoms with Gasteiger partial charge in [0.1, 0.15) is 11.7 Å². The van der Waals surface area contributed by atoms with Crippen LogP contribution in [0.5, 0.6) is 28.7 Å². The van der Waals surface area contributed by atoms with Gasteiger partial charge in [0.25, 0.3) is 0 Å². The van der Waals surface area contributed by atoms with E-state index in [2.05, 4.69) is 34.1 Å². The van der Waals surface area contributed by atoms with Crippen LogP contribution in [-0.4, -0.2) is 57.6 Å². The number of carbonyl (C=O) groups is 1. The summed E-state index contributed by atoms with van der Waals surface area (Å²) in [5.41, 5.74) is 6.24. The summed E-state index contributed by atoms with van der Waals surface area (Å²) in [5.74, 6) is 2.26. The number of nitrogens with one attached hydrogen (secondary N) is 1. The molecule has 200 valence electrons. The van der Waals surface area contributed by atoms with Gasteiger partial charge in [-0.25, -0.2) is 4.79 Å². The molecule has 3 aliphatic rings. The van der Waals surface area contributed by atoms with Crippen LogP contribution in [0.1, 0.15) is 39.2 Å². The third-order valence-corrected chi connectivity index (χ3v) is 8.06. The second kappa shape index (κ2) is 8.84. The molecular weight excluding hydrogens is 500 g/mol. The number of methoxy groups -OCH3 is 3. The quantitative estimate of drug-likeness (QED) is 0.361. The lowest BCUT2D eigenvalue weighted by Crippen LogP contribution is -2.36. The number of aromatic amines is 1. The number of fused-ring (bicyclic) bond motifs is 4. The van der Waals surface area contributed by atoms with Gasteiger partial charge in [0.05, 0.1) is 27.4 Å². The van der Waals surface area contributed by atoms with E-state index in [0.717, 1.165) is 51.7 Å². The minimum absolute atomic E-state index is 0.104. The number of nitrogens with zero attached hydrogens (tertiary/aromatic N) is 1. The first-order chi connectivity index (χ1) is 19.0. The smallest absolute Gasteiger partial charge is 0.343 e. The number of likely N-dealkylation sites (N-methyl/N-ethyl adjacent to an activating group) is 1. The molecular formula is C30H28N2O7. The maximum absolute atomic E-state index is 13.3. The molecule has 0 spiro atoms. The SMILES string of the molecule is COc1ccc2c(c1OC)C(=O)O[C@@H]2C1c2c(c(-c3ccc4[nH]ccc4c3)c3c(c2OC)OCO3)CCN1C. The molecule has 9 heteroatoms. The molecule has 1 N–H and O–H groups in total. The van der Waals surface area contributed by atoms with Crippen molar-refractivity contribution in [2.24, 2.45) is 0 Å². The van der Waals surface area contributed by atoms with Crippen molar-refractivity contribution in [3.05, 3.63) is 64.8 Å². The van der Waals surface area contributed by atoms with Crippen LogP contribution < -0.4 is 23.7 Å². The van der Waals surface area contributed by atoms with Crippen molar-refractivity contribution >= 4 is 16.9 Å². The van der Waals surface area contributed by atoms with Gasteiger partial charge in [0.15, 0.2) is 23.0 Å². The first-order valence-electron chi connectivity index (χ1n) is 12.8. The number of ether oxygens (including phenoxy) is 6. The van der Waals surface area contributed by atoms with E-state index in [0.29, 0.717) is 34.3 Å². The fourth-order valence-electron chi connectivity index (χ4n) is 6.35. The highest BCUT2D eigenvalue weighted by Gasteiger charge is 2.47. The molecule has 0 saturated heterocycles. The van der Waals surface area contributed by atoms with Gasteiger partial charge < -0.3 is 33.4 Å². The predicted molar refractivity (Wildman–Crippen MR) is 143 cm³/mol. The summed E-state index contributed by atoms with van der Waals surface area (Å²) in [6.45, 7) is 0.850. The first-order valence-corrected chi connectivity index (χ1v) is 12.8.